The van der Waals surface area contributed by atoms with Crippen molar-refractivity contribution in [2.75, 3.05) is 0 Å². The van der Waals surface area contributed by atoms with Crippen LogP contribution in [-0.4, -0.2) is 75.1 Å². The van der Waals surface area contributed by atoms with E-state index in [0.717, 1.165) is 0 Å². The summed E-state index contributed by atoms with van der Waals surface area (Å²) in [6.45, 7) is 3.39. The number of aliphatic carboxylic acids is 2. The minimum absolute atomic E-state index is 0.0224. The molecule has 14 nitrogen and oxygen atoms in total. The number of benzene rings is 1. The van der Waals surface area contributed by atoms with Crippen LogP contribution in [0.1, 0.15) is 45.1 Å². The third kappa shape index (κ3) is 10.8. The fourth-order valence-electron chi connectivity index (χ4n) is 3.40. The molecule has 1 aromatic rings. The van der Waals surface area contributed by atoms with Crippen molar-refractivity contribution in [3.05, 3.63) is 29.8 Å². The van der Waals surface area contributed by atoms with E-state index in [4.69, 9.17) is 16.6 Å². The second kappa shape index (κ2) is 15.1. The number of phenols is 1. The Morgan fingerprint density at radius 2 is 1.47 bits per heavy atom. The molecule has 0 bridgehead atoms. The second-order valence-corrected chi connectivity index (χ2v) is 8.91. The third-order valence-electron chi connectivity index (χ3n) is 5.83. The van der Waals surface area contributed by atoms with Crippen LogP contribution in [0.15, 0.2) is 24.3 Å². The van der Waals surface area contributed by atoms with Crippen LogP contribution in [0.25, 0.3) is 0 Å². The minimum Gasteiger partial charge on any atom is -0.508 e. The highest BCUT2D eigenvalue weighted by atomic mass is 16.4. The number of carboxylic acid groups (broad SMARTS) is 2. The molecule has 14 heteroatoms. The first-order valence-corrected chi connectivity index (χ1v) is 11.9. The molecule has 210 valence electrons. The van der Waals surface area contributed by atoms with Gasteiger partial charge in [0.15, 0.2) is 0 Å². The van der Waals surface area contributed by atoms with Crippen molar-refractivity contribution >= 4 is 35.6 Å². The Morgan fingerprint density at radius 3 is 1.97 bits per heavy atom. The molecular weight excluding hydrogens is 502 g/mol. The maximum Gasteiger partial charge on any atom is 0.326 e. The lowest BCUT2D eigenvalue weighted by atomic mass is 9.97. The smallest absolute Gasteiger partial charge is 0.326 e. The summed E-state index contributed by atoms with van der Waals surface area (Å²) < 4.78 is 0. The molecule has 0 aromatic heterocycles. The predicted molar refractivity (Wildman–Crippen MR) is 133 cm³/mol. The van der Waals surface area contributed by atoms with Crippen LogP contribution < -0.4 is 27.4 Å². The van der Waals surface area contributed by atoms with Gasteiger partial charge in [-0.1, -0.05) is 32.4 Å². The first kappa shape index (κ1) is 31.8. The van der Waals surface area contributed by atoms with E-state index in [2.05, 4.69) is 16.0 Å². The fourth-order valence-corrected chi connectivity index (χ4v) is 3.40. The van der Waals surface area contributed by atoms with Crippen molar-refractivity contribution in [2.45, 2.75) is 70.1 Å². The standard InChI is InChI=1S/C24H35N5O9/c1-3-12(2)20(29-21(34)15(25)11-19(32)33)23(36)27-16(8-9-18(26)31)22(35)28-17(24(37)38)10-13-4-6-14(30)7-5-13/h4-7,12,15-17,20,30H,3,8-11,25H2,1-2H3,(H2,26,31)(H,27,36)(H,28,35)(H,29,34)(H,32,33)(H,37,38). The quantitative estimate of drug-likeness (QED) is 0.122. The van der Waals surface area contributed by atoms with Crippen molar-refractivity contribution in [1.82, 2.24) is 16.0 Å². The van der Waals surface area contributed by atoms with Crippen LogP contribution in [0.3, 0.4) is 0 Å². The monoisotopic (exact) mass is 537 g/mol. The highest BCUT2D eigenvalue weighted by Crippen LogP contribution is 2.13. The van der Waals surface area contributed by atoms with Gasteiger partial charge in [-0.25, -0.2) is 4.79 Å². The Bertz CT molecular complexity index is 1020. The largest absolute Gasteiger partial charge is 0.508 e. The number of phenolic OH excluding ortho intramolecular Hbond substituents is 1. The molecule has 1 rings (SSSR count). The number of nitrogens with two attached hydrogens (primary N) is 2. The Kier molecular flexibility index (Phi) is 12.7. The number of primary amides is 1. The van der Waals surface area contributed by atoms with Gasteiger partial charge in [-0.05, 0) is 30.0 Å². The van der Waals surface area contributed by atoms with E-state index in [9.17, 15) is 39.0 Å². The van der Waals surface area contributed by atoms with Gasteiger partial charge in [-0.3, -0.25) is 24.0 Å². The van der Waals surface area contributed by atoms with Crippen molar-refractivity contribution < 1.29 is 44.1 Å². The van der Waals surface area contributed by atoms with Crippen molar-refractivity contribution in [1.29, 1.82) is 0 Å². The van der Waals surface area contributed by atoms with Gasteiger partial charge in [-0.15, -0.1) is 0 Å². The Labute approximate surface area is 219 Å². The van der Waals surface area contributed by atoms with Gasteiger partial charge in [0.25, 0.3) is 0 Å². The molecule has 0 aliphatic rings. The number of hydrogen-bond donors (Lipinski definition) is 8. The highest BCUT2D eigenvalue weighted by molar-refractivity contribution is 5.95. The molecule has 0 heterocycles. The van der Waals surface area contributed by atoms with Crippen molar-refractivity contribution in [2.24, 2.45) is 17.4 Å². The maximum absolute atomic E-state index is 13.1. The molecule has 10 N–H and O–H groups in total. The van der Waals surface area contributed by atoms with E-state index in [0.29, 0.717) is 12.0 Å². The Morgan fingerprint density at radius 1 is 0.895 bits per heavy atom. The van der Waals surface area contributed by atoms with E-state index < -0.39 is 72.1 Å². The van der Waals surface area contributed by atoms with Crippen molar-refractivity contribution in [3.8, 4) is 5.75 Å². The number of carboxylic acids is 2. The number of carbonyl (C=O) groups is 6. The normalized spacial score (nSPS) is 14.7. The van der Waals surface area contributed by atoms with Crippen LogP contribution in [0, 0.1) is 5.92 Å². The summed E-state index contributed by atoms with van der Waals surface area (Å²) in [7, 11) is 0. The molecule has 0 spiro atoms. The SMILES string of the molecule is CCC(C)C(NC(=O)C(N)CC(=O)O)C(=O)NC(CCC(N)=O)C(=O)NC(Cc1ccc(O)cc1)C(=O)O. The summed E-state index contributed by atoms with van der Waals surface area (Å²) in [6, 6.07) is 0.277. The summed E-state index contributed by atoms with van der Waals surface area (Å²) in [6.07, 6.45) is -0.943. The summed E-state index contributed by atoms with van der Waals surface area (Å²) >= 11 is 0. The van der Waals surface area contributed by atoms with Gasteiger partial charge < -0.3 is 42.7 Å². The van der Waals surface area contributed by atoms with Crippen LogP contribution >= 0.6 is 0 Å². The molecule has 0 aliphatic heterocycles. The average molecular weight is 538 g/mol. The molecule has 38 heavy (non-hydrogen) atoms. The molecule has 0 fully saturated rings. The first-order valence-electron chi connectivity index (χ1n) is 11.9. The Hall–Kier alpha value is -4.20. The zero-order valence-electron chi connectivity index (χ0n) is 21.2. The lowest BCUT2D eigenvalue weighted by Gasteiger charge is -2.27. The van der Waals surface area contributed by atoms with E-state index >= 15 is 0 Å². The zero-order valence-corrected chi connectivity index (χ0v) is 21.2. The van der Waals surface area contributed by atoms with E-state index in [-0.39, 0.29) is 25.0 Å². The van der Waals surface area contributed by atoms with Gasteiger partial charge in [0.05, 0.1) is 12.5 Å². The minimum atomic E-state index is -1.42. The van der Waals surface area contributed by atoms with Gasteiger partial charge in [0.1, 0.15) is 23.9 Å². The highest BCUT2D eigenvalue weighted by Gasteiger charge is 2.33. The third-order valence-corrected chi connectivity index (χ3v) is 5.83. The van der Waals surface area contributed by atoms with Crippen LogP contribution in [0.5, 0.6) is 5.75 Å². The zero-order chi connectivity index (χ0) is 29.0. The van der Waals surface area contributed by atoms with Gasteiger partial charge in [0.2, 0.25) is 23.6 Å². The molecule has 4 amide bonds. The Balaban J connectivity index is 3.08. The summed E-state index contributed by atoms with van der Waals surface area (Å²) in [5.74, 6) is -6.51. The lowest BCUT2D eigenvalue weighted by molar-refractivity contribution is -0.142. The first-order chi connectivity index (χ1) is 17.7. The fraction of sp³-hybridized carbons (Fsp3) is 0.500. The number of hydrogen-bond acceptors (Lipinski definition) is 8. The number of aromatic hydroxyl groups is 1. The summed E-state index contributed by atoms with van der Waals surface area (Å²) in [4.78, 5) is 72.5. The van der Waals surface area contributed by atoms with Gasteiger partial charge >= 0.3 is 11.9 Å². The molecule has 0 aliphatic carbocycles. The molecule has 0 saturated carbocycles. The molecule has 1 aromatic carbocycles. The summed E-state index contributed by atoms with van der Waals surface area (Å²) in [5, 5.41) is 35.0. The topological polar surface area (TPSA) is 251 Å². The summed E-state index contributed by atoms with van der Waals surface area (Å²) in [5.41, 5.74) is 11.3. The predicted octanol–water partition coefficient (Wildman–Crippen LogP) is -1.41. The lowest BCUT2D eigenvalue weighted by Crippen LogP contribution is -2.59. The number of carbonyl (C=O) groups excluding carboxylic acids is 4. The number of nitrogens with one attached hydrogen (secondary N) is 3. The van der Waals surface area contributed by atoms with Crippen LogP contribution in [-0.2, 0) is 35.2 Å². The maximum atomic E-state index is 13.1. The average Bonchev–Trinajstić information content (AvgIpc) is 2.84. The van der Waals surface area contributed by atoms with E-state index in [1.807, 2.05) is 0 Å². The van der Waals surface area contributed by atoms with E-state index in [1.165, 1.54) is 24.3 Å². The molecule has 5 atom stereocenters. The van der Waals surface area contributed by atoms with E-state index in [1.54, 1.807) is 13.8 Å². The van der Waals surface area contributed by atoms with Gasteiger partial charge in [-0.2, -0.15) is 0 Å². The van der Waals surface area contributed by atoms with Crippen LogP contribution in [0.2, 0.25) is 0 Å². The number of amides is 4. The van der Waals surface area contributed by atoms with Crippen LogP contribution in [0.4, 0.5) is 0 Å². The molecule has 0 saturated heterocycles. The molecular formula is C24H35N5O9. The molecule has 0 radical (unpaired) electrons. The molecule has 5 unspecified atom stereocenters. The number of rotatable bonds is 16. The second-order valence-electron chi connectivity index (χ2n) is 8.91. The van der Waals surface area contributed by atoms with Gasteiger partial charge in [0, 0.05) is 12.8 Å². The van der Waals surface area contributed by atoms with Crippen molar-refractivity contribution in [3.63, 3.8) is 0 Å².